The zero-order valence-electron chi connectivity index (χ0n) is 7.68. The summed E-state index contributed by atoms with van der Waals surface area (Å²) in [7, 11) is 3.68. The molecule has 1 fully saturated rings. The minimum Gasteiger partial charge on any atom is -0.348 e. The summed E-state index contributed by atoms with van der Waals surface area (Å²) in [5.74, 6) is 0.301. The maximum absolute atomic E-state index is 11.6. The van der Waals surface area contributed by atoms with E-state index >= 15 is 0 Å². The second kappa shape index (κ2) is 2.84. The average Bonchev–Trinajstić information content (AvgIpc) is 2.35. The summed E-state index contributed by atoms with van der Waals surface area (Å²) in [5.41, 5.74) is -0.0382. The Hall–Kier alpha value is -0.530. The first-order valence-electron chi connectivity index (χ1n) is 4.28. The van der Waals surface area contributed by atoms with Gasteiger partial charge >= 0.3 is 0 Å². The highest BCUT2D eigenvalue weighted by Crippen LogP contribution is 2.38. The van der Waals surface area contributed by atoms with Gasteiger partial charge in [0.2, 0.25) is 5.91 Å². The molecule has 0 aromatic heterocycles. The summed E-state index contributed by atoms with van der Waals surface area (Å²) in [6, 6.07) is 0. The molecule has 0 radical (unpaired) electrons. The number of hydrogen-bond donors (Lipinski definition) is 0. The van der Waals surface area contributed by atoms with Gasteiger partial charge in [0.25, 0.3) is 0 Å². The van der Waals surface area contributed by atoms with Crippen LogP contribution in [0.2, 0.25) is 0 Å². The van der Waals surface area contributed by atoms with Crippen molar-refractivity contribution in [3.8, 4) is 0 Å². The van der Waals surface area contributed by atoms with Crippen LogP contribution in [0.4, 0.5) is 0 Å². The standard InChI is InChI=1S/C9H17NO/c1-9(6-4-5-7-9)8(11)10(2)3/h4-7H2,1-3H3. The number of rotatable bonds is 1. The lowest BCUT2D eigenvalue weighted by Gasteiger charge is -2.25. The van der Waals surface area contributed by atoms with E-state index in [9.17, 15) is 4.79 Å². The molecule has 0 atom stereocenters. The van der Waals surface area contributed by atoms with Crippen molar-refractivity contribution in [1.82, 2.24) is 4.90 Å². The van der Waals surface area contributed by atoms with Gasteiger partial charge in [-0.3, -0.25) is 4.79 Å². The Balaban J connectivity index is 2.64. The molecule has 0 aromatic carbocycles. The highest BCUT2D eigenvalue weighted by Gasteiger charge is 2.36. The first-order chi connectivity index (χ1) is 5.06. The summed E-state index contributed by atoms with van der Waals surface area (Å²) in [5, 5.41) is 0. The molecule has 64 valence electrons. The molecular formula is C9H17NO. The SMILES string of the molecule is CN(C)C(=O)C1(C)CCCC1. The third-order valence-electron chi connectivity index (χ3n) is 2.63. The van der Waals surface area contributed by atoms with E-state index in [4.69, 9.17) is 0 Å². The highest BCUT2D eigenvalue weighted by atomic mass is 16.2. The summed E-state index contributed by atoms with van der Waals surface area (Å²) in [6.07, 6.45) is 4.58. The minimum absolute atomic E-state index is 0.0382. The van der Waals surface area contributed by atoms with Crippen molar-refractivity contribution >= 4 is 5.91 Å². The Morgan fingerprint density at radius 3 is 2.09 bits per heavy atom. The summed E-state index contributed by atoms with van der Waals surface area (Å²) < 4.78 is 0. The Morgan fingerprint density at radius 1 is 1.27 bits per heavy atom. The molecule has 0 bridgehead atoms. The van der Waals surface area contributed by atoms with Crippen LogP contribution < -0.4 is 0 Å². The van der Waals surface area contributed by atoms with Crippen molar-refractivity contribution in [3.63, 3.8) is 0 Å². The number of nitrogens with zero attached hydrogens (tertiary/aromatic N) is 1. The van der Waals surface area contributed by atoms with E-state index < -0.39 is 0 Å². The van der Waals surface area contributed by atoms with Crippen LogP contribution in [0.5, 0.6) is 0 Å². The molecule has 2 nitrogen and oxygen atoms in total. The normalized spacial score (nSPS) is 21.7. The first kappa shape index (κ1) is 8.57. The highest BCUT2D eigenvalue weighted by molar-refractivity contribution is 5.82. The molecular weight excluding hydrogens is 138 g/mol. The van der Waals surface area contributed by atoms with E-state index in [2.05, 4.69) is 6.92 Å². The monoisotopic (exact) mass is 155 g/mol. The van der Waals surface area contributed by atoms with E-state index in [1.165, 1.54) is 12.8 Å². The molecule has 1 saturated carbocycles. The lowest BCUT2D eigenvalue weighted by molar-refractivity contribution is -0.138. The van der Waals surface area contributed by atoms with Crippen LogP contribution in [0.15, 0.2) is 0 Å². The smallest absolute Gasteiger partial charge is 0.227 e. The van der Waals surface area contributed by atoms with Crippen LogP contribution >= 0.6 is 0 Å². The Morgan fingerprint density at radius 2 is 1.73 bits per heavy atom. The van der Waals surface area contributed by atoms with Crippen molar-refractivity contribution in [2.24, 2.45) is 5.41 Å². The first-order valence-corrected chi connectivity index (χ1v) is 4.28. The van der Waals surface area contributed by atoms with Crippen molar-refractivity contribution in [2.45, 2.75) is 32.6 Å². The quantitative estimate of drug-likeness (QED) is 0.564. The molecule has 1 amide bonds. The van der Waals surface area contributed by atoms with Gasteiger partial charge in [0.1, 0.15) is 0 Å². The molecule has 0 heterocycles. The predicted molar refractivity (Wildman–Crippen MR) is 45.3 cm³/mol. The lowest BCUT2D eigenvalue weighted by atomic mass is 9.87. The third-order valence-corrected chi connectivity index (χ3v) is 2.63. The second-order valence-corrected chi connectivity index (χ2v) is 3.97. The van der Waals surface area contributed by atoms with Gasteiger partial charge in [-0.15, -0.1) is 0 Å². The van der Waals surface area contributed by atoms with Crippen molar-refractivity contribution < 1.29 is 4.79 Å². The van der Waals surface area contributed by atoms with Gasteiger partial charge in [-0.1, -0.05) is 19.8 Å². The zero-order valence-corrected chi connectivity index (χ0v) is 7.68. The van der Waals surface area contributed by atoms with E-state index in [-0.39, 0.29) is 5.41 Å². The summed E-state index contributed by atoms with van der Waals surface area (Å²) >= 11 is 0. The second-order valence-electron chi connectivity index (χ2n) is 3.97. The van der Waals surface area contributed by atoms with Crippen LogP contribution in [-0.2, 0) is 4.79 Å². The molecule has 1 aliphatic rings. The summed E-state index contributed by atoms with van der Waals surface area (Å²) in [6.45, 7) is 2.09. The van der Waals surface area contributed by atoms with Gasteiger partial charge in [0, 0.05) is 19.5 Å². The van der Waals surface area contributed by atoms with Crippen LogP contribution in [0.1, 0.15) is 32.6 Å². The maximum atomic E-state index is 11.6. The zero-order chi connectivity index (χ0) is 8.48. The minimum atomic E-state index is -0.0382. The average molecular weight is 155 g/mol. The van der Waals surface area contributed by atoms with E-state index in [1.807, 2.05) is 14.1 Å². The van der Waals surface area contributed by atoms with Crippen molar-refractivity contribution in [3.05, 3.63) is 0 Å². The molecule has 0 aliphatic heterocycles. The molecule has 1 rings (SSSR count). The van der Waals surface area contributed by atoms with Crippen LogP contribution in [-0.4, -0.2) is 24.9 Å². The topological polar surface area (TPSA) is 20.3 Å². The van der Waals surface area contributed by atoms with Gasteiger partial charge in [-0.25, -0.2) is 0 Å². The molecule has 0 N–H and O–H groups in total. The van der Waals surface area contributed by atoms with Gasteiger partial charge in [0.15, 0.2) is 0 Å². The fourth-order valence-electron chi connectivity index (χ4n) is 1.91. The van der Waals surface area contributed by atoms with Crippen LogP contribution in [0.3, 0.4) is 0 Å². The van der Waals surface area contributed by atoms with Gasteiger partial charge in [0.05, 0.1) is 0 Å². The summed E-state index contributed by atoms with van der Waals surface area (Å²) in [4.78, 5) is 13.3. The van der Waals surface area contributed by atoms with Crippen LogP contribution in [0.25, 0.3) is 0 Å². The number of carbonyl (C=O) groups excluding carboxylic acids is 1. The van der Waals surface area contributed by atoms with E-state index in [0.29, 0.717) is 5.91 Å². The van der Waals surface area contributed by atoms with Gasteiger partial charge in [-0.05, 0) is 12.8 Å². The molecule has 0 unspecified atom stereocenters. The molecule has 1 aliphatic carbocycles. The van der Waals surface area contributed by atoms with E-state index in [1.54, 1.807) is 4.90 Å². The van der Waals surface area contributed by atoms with Gasteiger partial charge < -0.3 is 4.90 Å². The Bertz CT molecular complexity index is 157. The Labute approximate surface area is 68.6 Å². The number of carbonyl (C=O) groups is 1. The Kier molecular flexibility index (Phi) is 2.21. The van der Waals surface area contributed by atoms with Crippen molar-refractivity contribution in [2.75, 3.05) is 14.1 Å². The molecule has 0 aromatic rings. The number of amides is 1. The largest absolute Gasteiger partial charge is 0.348 e. The molecule has 0 spiro atoms. The fraction of sp³-hybridized carbons (Fsp3) is 0.889. The molecule has 11 heavy (non-hydrogen) atoms. The maximum Gasteiger partial charge on any atom is 0.227 e. The van der Waals surface area contributed by atoms with Crippen molar-refractivity contribution in [1.29, 1.82) is 0 Å². The van der Waals surface area contributed by atoms with Crippen LogP contribution in [0, 0.1) is 5.41 Å². The molecule has 2 heteroatoms. The van der Waals surface area contributed by atoms with Gasteiger partial charge in [-0.2, -0.15) is 0 Å². The molecule has 0 saturated heterocycles. The third kappa shape index (κ3) is 1.55. The van der Waals surface area contributed by atoms with E-state index in [0.717, 1.165) is 12.8 Å². The predicted octanol–water partition coefficient (Wildman–Crippen LogP) is 1.65. The fourth-order valence-corrected chi connectivity index (χ4v) is 1.91. The lowest BCUT2D eigenvalue weighted by Crippen LogP contribution is -2.36. The number of hydrogen-bond acceptors (Lipinski definition) is 1.